The van der Waals surface area contributed by atoms with Crippen molar-refractivity contribution in [3.8, 4) is 0 Å². The Hall–Kier alpha value is -1.87. The summed E-state index contributed by atoms with van der Waals surface area (Å²) in [6, 6.07) is 11.3. The van der Waals surface area contributed by atoms with Crippen LogP contribution in [0.4, 0.5) is 8.78 Å². The van der Waals surface area contributed by atoms with Crippen LogP contribution in [-0.4, -0.2) is 4.57 Å². The average molecular weight is 278 g/mol. The third-order valence-corrected chi connectivity index (χ3v) is 3.56. The van der Waals surface area contributed by atoms with Crippen molar-refractivity contribution in [1.82, 2.24) is 4.57 Å². The smallest absolute Gasteiger partial charge is 0.142 e. The molecule has 0 atom stereocenters. The lowest BCUT2D eigenvalue weighted by molar-refractivity contribution is 0.624. The fourth-order valence-corrected chi connectivity index (χ4v) is 2.36. The molecular formula is C15H10ClF2N. The summed E-state index contributed by atoms with van der Waals surface area (Å²) in [5.41, 5.74) is 1.43. The summed E-state index contributed by atoms with van der Waals surface area (Å²) < 4.78 is 28.8. The molecular weight excluding hydrogens is 268 g/mol. The molecule has 0 amide bonds. The van der Waals surface area contributed by atoms with E-state index in [9.17, 15) is 8.78 Å². The number of aromatic nitrogens is 1. The minimum atomic E-state index is -0.443. The molecule has 1 nitrogen and oxygen atoms in total. The van der Waals surface area contributed by atoms with Gasteiger partial charge in [0.15, 0.2) is 0 Å². The number of hydrogen-bond donors (Lipinski definition) is 0. The Morgan fingerprint density at radius 2 is 1.68 bits per heavy atom. The lowest BCUT2D eigenvalue weighted by atomic mass is 10.2. The number of fused-ring (bicyclic) bond motifs is 1. The van der Waals surface area contributed by atoms with Gasteiger partial charge in [0, 0.05) is 18.1 Å². The first-order chi connectivity index (χ1) is 9.16. The van der Waals surface area contributed by atoms with Gasteiger partial charge in [0.05, 0.1) is 10.5 Å². The zero-order chi connectivity index (χ0) is 13.4. The van der Waals surface area contributed by atoms with Crippen molar-refractivity contribution >= 4 is 22.5 Å². The van der Waals surface area contributed by atoms with Crippen LogP contribution in [0.1, 0.15) is 5.56 Å². The second kappa shape index (κ2) is 4.67. The molecule has 0 unspecified atom stereocenters. The van der Waals surface area contributed by atoms with Crippen LogP contribution in [0.5, 0.6) is 0 Å². The van der Waals surface area contributed by atoms with E-state index in [1.807, 2.05) is 10.6 Å². The van der Waals surface area contributed by atoms with Crippen LogP contribution in [0.25, 0.3) is 10.9 Å². The summed E-state index contributed by atoms with van der Waals surface area (Å²) in [5, 5.41) is 0.663. The van der Waals surface area contributed by atoms with Gasteiger partial charge in [0.25, 0.3) is 0 Å². The first-order valence-electron chi connectivity index (χ1n) is 5.83. The van der Waals surface area contributed by atoms with E-state index in [-0.39, 0.29) is 10.8 Å². The van der Waals surface area contributed by atoms with Gasteiger partial charge < -0.3 is 4.57 Å². The number of rotatable bonds is 2. The van der Waals surface area contributed by atoms with Crippen molar-refractivity contribution in [3.05, 3.63) is 70.9 Å². The van der Waals surface area contributed by atoms with Crippen LogP contribution in [0.2, 0.25) is 5.02 Å². The molecule has 96 valence electrons. The molecule has 19 heavy (non-hydrogen) atoms. The molecule has 0 spiro atoms. The van der Waals surface area contributed by atoms with Crippen molar-refractivity contribution in [2.75, 3.05) is 0 Å². The minimum Gasteiger partial charge on any atom is -0.343 e. The topological polar surface area (TPSA) is 4.93 Å². The highest BCUT2D eigenvalue weighted by atomic mass is 35.5. The SMILES string of the molecule is Fc1cccc(Cn2ccc3c(F)cccc32)c1Cl. The molecule has 0 saturated heterocycles. The number of hydrogen-bond acceptors (Lipinski definition) is 0. The van der Waals surface area contributed by atoms with Gasteiger partial charge in [-0.15, -0.1) is 0 Å². The van der Waals surface area contributed by atoms with Crippen molar-refractivity contribution in [2.24, 2.45) is 0 Å². The Morgan fingerprint density at radius 3 is 2.53 bits per heavy atom. The summed E-state index contributed by atoms with van der Waals surface area (Å²) in [4.78, 5) is 0. The van der Waals surface area contributed by atoms with Crippen molar-refractivity contribution in [3.63, 3.8) is 0 Å². The Balaban J connectivity index is 2.07. The highest BCUT2D eigenvalue weighted by molar-refractivity contribution is 6.31. The Morgan fingerprint density at radius 1 is 0.947 bits per heavy atom. The first kappa shape index (κ1) is 12.2. The maximum absolute atomic E-state index is 13.6. The standard InChI is InChI=1S/C15H10ClF2N/c16-15-10(3-1-5-13(15)18)9-19-8-7-11-12(17)4-2-6-14(11)19/h1-8H,9H2. The van der Waals surface area contributed by atoms with E-state index >= 15 is 0 Å². The molecule has 0 aliphatic rings. The quantitative estimate of drug-likeness (QED) is 0.644. The van der Waals surface area contributed by atoms with Crippen LogP contribution >= 0.6 is 11.6 Å². The predicted molar refractivity (Wildman–Crippen MR) is 72.4 cm³/mol. The van der Waals surface area contributed by atoms with E-state index in [4.69, 9.17) is 11.6 Å². The molecule has 0 radical (unpaired) electrons. The van der Waals surface area contributed by atoms with E-state index in [1.54, 1.807) is 30.5 Å². The molecule has 3 aromatic rings. The van der Waals surface area contributed by atoms with Crippen LogP contribution in [0.15, 0.2) is 48.7 Å². The summed E-state index contributed by atoms with van der Waals surface area (Å²) >= 11 is 5.93. The first-order valence-corrected chi connectivity index (χ1v) is 6.21. The fraction of sp³-hybridized carbons (Fsp3) is 0.0667. The molecule has 4 heteroatoms. The second-order valence-corrected chi connectivity index (χ2v) is 4.71. The van der Waals surface area contributed by atoms with Crippen molar-refractivity contribution < 1.29 is 8.78 Å². The van der Waals surface area contributed by atoms with Crippen LogP contribution in [-0.2, 0) is 6.54 Å². The fourth-order valence-electron chi connectivity index (χ4n) is 2.18. The summed E-state index contributed by atoms with van der Waals surface area (Å²) in [6.07, 6.45) is 1.77. The molecule has 3 rings (SSSR count). The van der Waals surface area contributed by atoms with Crippen molar-refractivity contribution in [2.45, 2.75) is 6.54 Å². The van der Waals surface area contributed by atoms with Crippen molar-refractivity contribution in [1.29, 1.82) is 0 Å². The van der Waals surface area contributed by atoms with Gasteiger partial charge in [0.1, 0.15) is 11.6 Å². The van der Waals surface area contributed by atoms with Gasteiger partial charge in [-0.1, -0.05) is 29.8 Å². The van der Waals surface area contributed by atoms with E-state index in [0.29, 0.717) is 17.5 Å². The molecule has 1 aromatic heterocycles. The third-order valence-electron chi connectivity index (χ3n) is 3.13. The maximum Gasteiger partial charge on any atom is 0.142 e. The Kier molecular flexibility index (Phi) is 2.99. The average Bonchev–Trinajstić information content (AvgIpc) is 2.80. The van der Waals surface area contributed by atoms with Gasteiger partial charge in [0.2, 0.25) is 0 Å². The predicted octanol–water partition coefficient (Wildman–Crippen LogP) is 4.62. The second-order valence-electron chi connectivity index (χ2n) is 4.33. The third kappa shape index (κ3) is 2.10. The molecule has 0 saturated carbocycles. The van der Waals surface area contributed by atoms with Gasteiger partial charge in [-0.05, 0) is 29.8 Å². The summed E-state index contributed by atoms with van der Waals surface area (Å²) in [5.74, 6) is -0.705. The molecule has 0 fully saturated rings. The lowest BCUT2D eigenvalue weighted by Gasteiger charge is -2.08. The van der Waals surface area contributed by atoms with E-state index < -0.39 is 5.82 Å². The summed E-state index contributed by atoms with van der Waals surface area (Å²) in [7, 11) is 0. The molecule has 0 bridgehead atoms. The maximum atomic E-state index is 13.6. The number of nitrogens with zero attached hydrogens (tertiary/aromatic N) is 1. The van der Waals surface area contributed by atoms with Gasteiger partial charge >= 0.3 is 0 Å². The van der Waals surface area contributed by atoms with Gasteiger partial charge in [-0.2, -0.15) is 0 Å². The normalized spacial score (nSPS) is 11.1. The van der Waals surface area contributed by atoms with Gasteiger partial charge in [-0.3, -0.25) is 0 Å². The van der Waals surface area contributed by atoms with E-state index in [2.05, 4.69) is 0 Å². The number of benzene rings is 2. The molecule has 0 N–H and O–H groups in total. The van der Waals surface area contributed by atoms with Gasteiger partial charge in [-0.25, -0.2) is 8.78 Å². The summed E-state index contributed by atoms with van der Waals surface area (Å²) in [6.45, 7) is 0.406. The van der Waals surface area contributed by atoms with Crippen LogP contribution in [0, 0.1) is 11.6 Å². The molecule has 2 aromatic carbocycles. The Bertz CT molecular complexity index is 749. The largest absolute Gasteiger partial charge is 0.343 e. The highest BCUT2D eigenvalue weighted by Crippen LogP contribution is 2.24. The van der Waals surface area contributed by atoms with E-state index in [1.165, 1.54) is 12.1 Å². The van der Waals surface area contributed by atoms with Crippen LogP contribution < -0.4 is 0 Å². The highest BCUT2D eigenvalue weighted by Gasteiger charge is 2.09. The van der Waals surface area contributed by atoms with Crippen LogP contribution in [0.3, 0.4) is 0 Å². The molecule has 0 aliphatic carbocycles. The molecule has 0 aliphatic heterocycles. The zero-order valence-corrected chi connectivity index (χ0v) is 10.7. The Labute approximate surface area is 114 Å². The number of halogens is 3. The molecule has 1 heterocycles. The zero-order valence-electron chi connectivity index (χ0n) is 9.91. The minimum absolute atomic E-state index is 0.112. The monoisotopic (exact) mass is 277 g/mol. The van der Waals surface area contributed by atoms with E-state index in [0.717, 1.165) is 5.52 Å². The lowest BCUT2D eigenvalue weighted by Crippen LogP contribution is -1.99.